The van der Waals surface area contributed by atoms with Crippen LogP contribution in [0, 0.1) is 0 Å². The van der Waals surface area contributed by atoms with E-state index in [0.717, 1.165) is 18.5 Å². The first-order chi connectivity index (χ1) is 10.7. The molecule has 112 valence electrons. The molecule has 0 fully saturated rings. The highest BCUT2D eigenvalue weighted by Gasteiger charge is 2.13. The monoisotopic (exact) mass is 293 g/mol. The molecule has 1 aliphatic carbocycles. The number of hydrogen-bond acceptors (Lipinski definition) is 2. The summed E-state index contributed by atoms with van der Waals surface area (Å²) in [6, 6.07) is 15.2. The van der Waals surface area contributed by atoms with Gasteiger partial charge in [-0.25, -0.2) is 0 Å². The molecule has 0 radical (unpaired) electrons. The summed E-state index contributed by atoms with van der Waals surface area (Å²) in [5, 5.41) is 2.89. The molecule has 0 atom stereocenters. The van der Waals surface area contributed by atoms with Crippen molar-refractivity contribution in [2.45, 2.75) is 32.1 Å². The van der Waals surface area contributed by atoms with Crippen LogP contribution in [0.5, 0.6) is 0 Å². The molecular weight excluding hydrogens is 274 g/mol. The zero-order valence-corrected chi connectivity index (χ0v) is 12.5. The summed E-state index contributed by atoms with van der Waals surface area (Å²) in [6.07, 6.45) is 3.87. The Kier molecular flexibility index (Phi) is 4.33. The highest BCUT2D eigenvalue weighted by molar-refractivity contribution is 6.00. The number of ketones is 1. The van der Waals surface area contributed by atoms with E-state index in [0.29, 0.717) is 5.56 Å². The maximum absolute atomic E-state index is 12.0. The van der Waals surface area contributed by atoms with Crippen LogP contribution in [0.15, 0.2) is 48.5 Å². The van der Waals surface area contributed by atoms with E-state index in [1.165, 1.54) is 17.5 Å². The number of Topliss-reactive ketones (excluding diaryl/α,β-unsaturated/α-hetero) is 1. The molecule has 22 heavy (non-hydrogen) atoms. The molecule has 1 N–H and O–H groups in total. The van der Waals surface area contributed by atoms with E-state index in [1.807, 2.05) is 24.3 Å². The Morgan fingerprint density at radius 2 is 1.68 bits per heavy atom. The minimum Gasteiger partial charge on any atom is -0.326 e. The average molecular weight is 293 g/mol. The number of carbonyl (C=O) groups is 2. The minimum absolute atomic E-state index is 0.00435. The third kappa shape index (κ3) is 3.42. The van der Waals surface area contributed by atoms with Gasteiger partial charge >= 0.3 is 0 Å². The van der Waals surface area contributed by atoms with E-state index < -0.39 is 0 Å². The first-order valence-corrected chi connectivity index (χ1v) is 7.72. The summed E-state index contributed by atoms with van der Waals surface area (Å²) in [6.45, 7) is 0. The van der Waals surface area contributed by atoms with Crippen LogP contribution in [0.25, 0.3) is 0 Å². The van der Waals surface area contributed by atoms with Crippen molar-refractivity contribution in [1.29, 1.82) is 0 Å². The topological polar surface area (TPSA) is 46.2 Å². The van der Waals surface area contributed by atoms with Crippen LogP contribution in [0.3, 0.4) is 0 Å². The number of aryl methyl sites for hydroxylation is 2. The smallest absolute Gasteiger partial charge is 0.224 e. The van der Waals surface area contributed by atoms with Gasteiger partial charge in [0, 0.05) is 24.1 Å². The number of nitrogens with one attached hydrogen (secondary N) is 1. The average Bonchev–Trinajstić information content (AvgIpc) is 3.01. The Morgan fingerprint density at radius 1 is 0.909 bits per heavy atom. The third-order valence-electron chi connectivity index (χ3n) is 4.06. The summed E-state index contributed by atoms with van der Waals surface area (Å²) in [5.41, 5.74) is 4.21. The first kappa shape index (κ1) is 14.5. The van der Waals surface area contributed by atoms with Gasteiger partial charge in [-0.3, -0.25) is 9.59 Å². The van der Waals surface area contributed by atoms with Crippen molar-refractivity contribution >= 4 is 17.4 Å². The molecule has 3 rings (SSSR count). The number of hydrogen-bond donors (Lipinski definition) is 1. The predicted molar refractivity (Wildman–Crippen MR) is 87.1 cm³/mol. The number of rotatable bonds is 5. The van der Waals surface area contributed by atoms with Crippen molar-refractivity contribution < 1.29 is 9.59 Å². The van der Waals surface area contributed by atoms with Gasteiger partial charge in [0.15, 0.2) is 5.78 Å². The number of amides is 1. The van der Waals surface area contributed by atoms with Crippen molar-refractivity contribution in [3.63, 3.8) is 0 Å². The van der Waals surface area contributed by atoms with Gasteiger partial charge in [0.2, 0.25) is 5.91 Å². The van der Waals surface area contributed by atoms with Crippen molar-refractivity contribution in [3.05, 3.63) is 65.2 Å². The van der Waals surface area contributed by atoms with Gasteiger partial charge in [-0.05, 0) is 42.5 Å². The van der Waals surface area contributed by atoms with E-state index in [4.69, 9.17) is 0 Å². The molecule has 3 heteroatoms. The SMILES string of the molecule is O=C(CCC(=O)c1ccccc1)Nc1ccc2c(c1)CCC2. The van der Waals surface area contributed by atoms with E-state index >= 15 is 0 Å². The van der Waals surface area contributed by atoms with Crippen molar-refractivity contribution in [3.8, 4) is 0 Å². The molecule has 0 heterocycles. The highest BCUT2D eigenvalue weighted by atomic mass is 16.2. The van der Waals surface area contributed by atoms with Gasteiger partial charge in [-0.2, -0.15) is 0 Å². The van der Waals surface area contributed by atoms with Crippen LogP contribution >= 0.6 is 0 Å². The number of benzene rings is 2. The summed E-state index contributed by atoms with van der Waals surface area (Å²) in [4.78, 5) is 24.0. The summed E-state index contributed by atoms with van der Waals surface area (Å²) in [5.74, 6) is -0.105. The van der Waals surface area contributed by atoms with Crippen LogP contribution in [-0.4, -0.2) is 11.7 Å². The molecular formula is C19H19NO2. The van der Waals surface area contributed by atoms with Crippen LogP contribution in [-0.2, 0) is 17.6 Å². The fourth-order valence-corrected chi connectivity index (χ4v) is 2.87. The fourth-order valence-electron chi connectivity index (χ4n) is 2.87. The molecule has 0 saturated heterocycles. The van der Waals surface area contributed by atoms with Crippen LogP contribution < -0.4 is 5.32 Å². The second kappa shape index (κ2) is 6.56. The maximum atomic E-state index is 12.0. The van der Waals surface area contributed by atoms with Gasteiger partial charge in [0.05, 0.1) is 0 Å². The largest absolute Gasteiger partial charge is 0.326 e. The molecule has 1 aliphatic rings. The molecule has 0 aromatic heterocycles. The van der Waals surface area contributed by atoms with Crippen molar-refractivity contribution in [1.82, 2.24) is 0 Å². The first-order valence-electron chi connectivity index (χ1n) is 7.72. The van der Waals surface area contributed by atoms with Crippen LogP contribution in [0.1, 0.15) is 40.7 Å². The number of anilines is 1. The number of carbonyl (C=O) groups excluding carboxylic acids is 2. The fraction of sp³-hybridized carbons (Fsp3) is 0.263. The third-order valence-corrected chi connectivity index (χ3v) is 4.06. The Balaban J connectivity index is 1.53. The predicted octanol–water partition coefficient (Wildman–Crippen LogP) is 3.78. The lowest BCUT2D eigenvalue weighted by molar-refractivity contribution is -0.116. The van der Waals surface area contributed by atoms with Gasteiger partial charge in [-0.1, -0.05) is 36.4 Å². The zero-order valence-electron chi connectivity index (χ0n) is 12.5. The lowest BCUT2D eigenvalue weighted by atomic mass is 10.1. The van der Waals surface area contributed by atoms with Gasteiger partial charge in [0.25, 0.3) is 0 Å². The molecule has 0 spiro atoms. The van der Waals surface area contributed by atoms with Gasteiger partial charge in [0.1, 0.15) is 0 Å². The Morgan fingerprint density at radius 3 is 2.50 bits per heavy atom. The standard InChI is InChI=1S/C19H19NO2/c21-18(15-5-2-1-3-6-15)11-12-19(22)20-17-10-9-14-7-4-8-16(14)13-17/h1-3,5-6,9-10,13H,4,7-8,11-12H2,(H,20,22). The van der Waals surface area contributed by atoms with Crippen molar-refractivity contribution in [2.75, 3.05) is 5.32 Å². The number of fused-ring (bicyclic) bond motifs is 1. The second-order valence-electron chi connectivity index (χ2n) is 5.67. The summed E-state index contributed by atoms with van der Waals surface area (Å²) < 4.78 is 0. The minimum atomic E-state index is -0.109. The van der Waals surface area contributed by atoms with E-state index in [1.54, 1.807) is 12.1 Å². The Bertz CT molecular complexity index is 692. The molecule has 0 aliphatic heterocycles. The summed E-state index contributed by atoms with van der Waals surface area (Å²) >= 11 is 0. The quantitative estimate of drug-likeness (QED) is 0.853. The molecule has 0 unspecified atom stereocenters. The van der Waals surface area contributed by atoms with E-state index in [9.17, 15) is 9.59 Å². The van der Waals surface area contributed by atoms with Gasteiger partial charge in [-0.15, -0.1) is 0 Å². The highest BCUT2D eigenvalue weighted by Crippen LogP contribution is 2.25. The maximum Gasteiger partial charge on any atom is 0.224 e. The van der Waals surface area contributed by atoms with Crippen LogP contribution in [0.2, 0.25) is 0 Å². The normalized spacial score (nSPS) is 12.7. The molecule has 1 amide bonds. The zero-order chi connectivity index (χ0) is 15.4. The molecule has 2 aromatic carbocycles. The lowest BCUT2D eigenvalue weighted by Gasteiger charge is -2.07. The molecule has 3 nitrogen and oxygen atoms in total. The van der Waals surface area contributed by atoms with E-state index in [2.05, 4.69) is 17.4 Å². The Labute approximate surface area is 130 Å². The Hall–Kier alpha value is -2.42. The van der Waals surface area contributed by atoms with Crippen LogP contribution in [0.4, 0.5) is 5.69 Å². The van der Waals surface area contributed by atoms with Gasteiger partial charge < -0.3 is 5.32 Å². The second-order valence-corrected chi connectivity index (χ2v) is 5.67. The summed E-state index contributed by atoms with van der Waals surface area (Å²) in [7, 11) is 0. The molecule has 0 bridgehead atoms. The molecule has 2 aromatic rings. The lowest BCUT2D eigenvalue weighted by Crippen LogP contribution is -2.13. The molecule has 0 saturated carbocycles. The van der Waals surface area contributed by atoms with Crippen molar-refractivity contribution in [2.24, 2.45) is 0 Å². The van der Waals surface area contributed by atoms with E-state index in [-0.39, 0.29) is 24.5 Å².